The highest BCUT2D eigenvalue weighted by molar-refractivity contribution is 7.80. The first-order chi connectivity index (χ1) is 8.66. The van der Waals surface area contributed by atoms with Crippen molar-refractivity contribution in [3.05, 3.63) is 48.2 Å². The zero-order valence-corrected chi connectivity index (χ0v) is 10.3. The fourth-order valence-electron chi connectivity index (χ4n) is 1.40. The van der Waals surface area contributed by atoms with Gasteiger partial charge in [0, 0.05) is 5.56 Å². The minimum Gasteiger partial charge on any atom is -0.453 e. The quantitative estimate of drug-likeness (QED) is 0.336. The lowest BCUT2D eigenvalue weighted by atomic mass is 10.2. The number of hydrogen-bond donors (Lipinski definition) is 3. The van der Waals surface area contributed by atoms with Crippen molar-refractivity contribution in [2.45, 2.75) is 0 Å². The maximum Gasteiger partial charge on any atom is 0.186 e. The van der Waals surface area contributed by atoms with E-state index >= 15 is 0 Å². The molecule has 1 heterocycles. The van der Waals surface area contributed by atoms with E-state index in [4.69, 9.17) is 15.9 Å². The molecule has 92 valence electrons. The van der Waals surface area contributed by atoms with Crippen LogP contribution in [0.1, 0.15) is 5.76 Å². The van der Waals surface area contributed by atoms with Crippen molar-refractivity contribution in [1.82, 2.24) is 5.43 Å². The predicted octanol–water partition coefficient (Wildman–Crippen LogP) is 1.40. The maximum atomic E-state index is 5.71. The van der Waals surface area contributed by atoms with Gasteiger partial charge < -0.3 is 15.9 Å². The van der Waals surface area contributed by atoms with Crippen LogP contribution in [0.15, 0.2) is 52.0 Å². The van der Waals surface area contributed by atoms with Gasteiger partial charge in [0.15, 0.2) is 16.7 Å². The molecule has 0 fully saturated rings. The lowest BCUT2D eigenvalue weighted by molar-refractivity contribution is 0.570. The van der Waals surface area contributed by atoms with Gasteiger partial charge in [-0.1, -0.05) is 30.3 Å². The zero-order valence-electron chi connectivity index (χ0n) is 9.46. The highest BCUT2D eigenvalue weighted by atomic mass is 32.1. The normalized spacial score (nSPS) is 11.2. The Hall–Kier alpha value is -2.34. The highest BCUT2D eigenvalue weighted by Crippen LogP contribution is 2.21. The van der Waals surface area contributed by atoms with Gasteiger partial charge in [-0.2, -0.15) is 5.10 Å². The molecule has 1 aromatic carbocycles. The number of amidine groups is 1. The fourth-order valence-corrected chi connectivity index (χ4v) is 1.45. The number of thiocarbonyl (C=S) groups is 1. The van der Waals surface area contributed by atoms with Crippen LogP contribution in [0, 0.1) is 0 Å². The van der Waals surface area contributed by atoms with Crippen molar-refractivity contribution < 1.29 is 4.42 Å². The summed E-state index contributed by atoms with van der Waals surface area (Å²) in [6, 6.07) is 13.3. The van der Waals surface area contributed by atoms with E-state index in [1.165, 1.54) is 0 Å². The number of rotatable bonds is 3. The van der Waals surface area contributed by atoms with Gasteiger partial charge in [0.25, 0.3) is 0 Å². The molecule has 0 bridgehead atoms. The third-order valence-corrected chi connectivity index (χ3v) is 2.29. The standard InChI is InChI=1S/C12H12N4OS/c13-11(15-16-12(14)18)10-7-6-9(17-10)8-4-2-1-3-5-8/h1-7H,(H2,13,15)(H3,14,16,18). The van der Waals surface area contributed by atoms with Crippen molar-refractivity contribution in [2.24, 2.45) is 16.6 Å². The summed E-state index contributed by atoms with van der Waals surface area (Å²) >= 11 is 4.62. The van der Waals surface area contributed by atoms with Gasteiger partial charge in [-0.25, -0.2) is 0 Å². The zero-order chi connectivity index (χ0) is 13.0. The molecule has 2 aromatic rings. The van der Waals surface area contributed by atoms with Crippen LogP contribution in [0.5, 0.6) is 0 Å². The van der Waals surface area contributed by atoms with Gasteiger partial charge in [0.2, 0.25) is 0 Å². The van der Waals surface area contributed by atoms with Gasteiger partial charge >= 0.3 is 0 Å². The molecule has 0 aliphatic carbocycles. The fraction of sp³-hybridized carbons (Fsp3) is 0. The highest BCUT2D eigenvalue weighted by Gasteiger charge is 2.07. The summed E-state index contributed by atoms with van der Waals surface area (Å²) in [5.74, 6) is 1.36. The first kappa shape index (κ1) is 12.1. The SMILES string of the molecule is NC(=S)NN=C(N)c1ccc(-c2ccccc2)o1. The summed E-state index contributed by atoms with van der Waals surface area (Å²) in [6.07, 6.45) is 0. The van der Waals surface area contributed by atoms with Crippen LogP contribution >= 0.6 is 12.2 Å². The van der Waals surface area contributed by atoms with Crippen LogP contribution < -0.4 is 16.9 Å². The molecule has 5 nitrogen and oxygen atoms in total. The number of hydrogen-bond acceptors (Lipinski definition) is 3. The van der Waals surface area contributed by atoms with E-state index in [0.29, 0.717) is 5.76 Å². The molecular weight excluding hydrogens is 248 g/mol. The molecule has 0 aliphatic rings. The Morgan fingerprint density at radius 2 is 1.83 bits per heavy atom. The lowest BCUT2D eigenvalue weighted by Gasteiger charge is -1.98. The number of nitrogens with one attached hydrogen (secondary N) is 1. The van der Waals surface area contributed by atoms with Crippen molar-refractivity contribution >= 4 is 23.2 Å². The molecule has 18 heavy (non-hydrogen) atoms. The summed E-state index contributed by atoms with van der Waals surface area (Å²) in [5.41, 5.74) is 14.3. The summed E-state index contributed by atoms with van der Waals surface area (Å²) in [5, 5.41) is 3.83. The van der Waals surface area contributed by atoms with E-state index in [0.717, 1.165) is 11.3 Å². The second-order valence-corrected chi connectivity index (χ2v) is 3.94. The van der Waals surface area contributed by atoms with Crippen LogP contribution in [-0.4, -0.2) is 10.9 Å². The summed E-state index contributed by atoms with van der Waals surface area (Å²) < 4.78 is 5.58. The second-order valence-electron chi connectivity index (χ2n) is 3.50. The number of furan rings is 1. The van der Waals surface area contributed by atoms with Gasteiger partial charge in [0.1, 0.15) is 5.76 Å². The molecule has 5 N–H and O–H groups in total. The van der Waals surface area contributed by atoms with Crippen LogP contribution in [0.25, 0.3) is 11.3 Å². The van der Waals surface area contributed by atoms with E-state index in [-0.39, 0.29) is 10.9 Å². The van der Waals surface area contributed by atoms with Gasteiger partial charge in [-0.3, -0.25) is 5.43 Å². The van der Waals surface area contributed by atoms with Crippen molar-refractivity contribution in [3.63, 3.8) is 0 Å². The van der Waals surface area contributed by atoms with Crippen molar-refractivity contribution in [1.29, 1.82) is 0 Å². The monoisotopic (exact) mass is 260 g/mol. The van der Waals surface area contributed by atoms with Gasteiger partial charge in [-0.15, -0.1) is 0 Å². The summed E-state index contributed by atoms with van der Waals surface area (Å²) in [6.45, 7) is 0. The molecular formula is C12H12N4OS. The van der Waals surface area contributed by atoms with Crippen LogP contribution in [0.4, 0.5) is 0 Å². The molecule has 0 radical (unpaired) electrons. The molecule has 0 unspecified atom stereocenters. The van der Waals surface area contributed by atoms with Crippen LogP contribution in [0.2, 0.25) is 0 Å². The Morgan fingerprint density at radius 3 is 2.50 bits per heavy atom. The number of nitrogens with two attached hydrogens (primary N) is 2. The van der Waals surface area contributed by atoms with Crippen LogP contribution in [-0.2, 0) is 0 Å². The van der Waals surface area contributed by atoms with Crippen LogP contribution in [0.3, 0.4) is 0 Å². The van der Waals surface area contributed by atoms with E-state index in [1.807, 2.05) is 36.4 Å². The minimum atomic E-state index is 0.0489. The Labute approximate surface area is 109 Å². The molecule has 2 rings (SSSR count). The molecule has 0 saturated carbocycles. The molecule has 0 saturated heterocycles. The number of hydrazone groups is 1. The number of benzene rings is 1. The Balaban J connectivity index is 2.21. The van der Waals surface area contributed by atoms with Crippen molar-refractivity contribution in [2.75, 3.05) is 0 Å². The Kier molecular flexibility index (Phi) is 3.59. The van der Waals surface area contributed by atoms with E-state index < -0.39 is 0 Å². The Bertz CT molecular complexity index is 577. The predicted molar refractivity (Wildman–Crippen MR) is 74.8 cm³/mol. The average Bonchev–Trinajstić information content (AvgIpc) is 2.86. The smallest absolute Gasteiger partial charge is 0.186 e. The average molecular weight is 260 g/mol. The van der Waals surface area contributed by atoms with Gasteiger partial charge in [0.05, 0.1) is 0 Å². The van der Waals surface area contributed by atoms with Gasteiger partial charge in [-0.05, 0) is 24.4 Å². The molecule has 6 heteroatoms. The first-order valence-corrected chi connectivity index (χ1v) is 5.62. The molecule has 0 spiro atoms. The summed E-state index contributed by atoms with van der Waals surface area (Å²) in [4.78, 5) is 0. The number of nitrogens with zero attached hydrogens (tertiary/aromatic N) is 1. The lowest BCUT2D eigenvalue weighted by Crippen LogP contribution is -2.27. The third kappa shape index (κ3) is 2.86. The van der Waals surface area contributed by atoms with E-state index in [2.05, 4.69) is 22.7 Å². The topological polar surface area (TPSA) is 89.6 Å². The first-order valence-electron chi connectivity index (χ1n) is 5.21. The van der Waals surface area contributed by atoms with E-state index in [1.54, 1.807) is 6.07 Å². The van der Waals surface area contributed by atoms with E-state index in [9.17, 15) is 0 Å². The maximum absolute atomic E-state index is 5.71. The largest absolute Gasteiger partial charge is 0.453 e. The minimum absolute atomic E-state index is 0.0489. The molecule has 1 aromatic heterocycles. The molecule has 0 aliphatic heterocycles. The summed E-state index contributed by atoms with van der Waals surface area (Å²) in [7, 11) is 0. The second kappa shape index (κ2) is 5.33. The third-order valence-electron chi connectivity index (χ3n) is 2.20. The molecule has 0 atom stereocenters. The Morgan fingerprint density at radius 1 is 1.11 bits per heavy atom. The van der Waals surface area contributed by atoms with Crippen molar-refractivity contribution in [3.8, 4) is 11.3 Å². The molecule has 0 amide bonds.